The van der Waals surface area contributed by atoms with Crippen LogP contribution in [0.25, 0.3) is 11.0 Å². The molecule has 0 unspecified atom stereocenters. The molecule has 3 aromatic rings. The number of rotatable bonds is 2. The van der Waals surface area contributed by atoms with Crippen LogP contribution in [0.2, 0.25) is 0 Å². The van der Waals surface area contributed by atoms with E-state index in [0.717, 1.165) is 16.6 Å². The molecule has 0 amide bonds. The van der Waals surface area contributed by atoms with Crippen molar-refractivity contribution in [2.24, 2.45) is 0 Å². The summed E-state index contributed by atoms with van der Waals surface area (Å²) in [4.78, 5) is 15.7. The fourth-order valence-corrected chi connectivity index (χ4v) is 3.76. The number of halogens is 1. The Morgan fingerprint density at radius 3 is 2.61 bits per heavy atom. The minimum atomic E-state index is -0.367. The predicted octanol–water partition coefficient (Wildman–Crippen LogP) is 3.76. The average Bonchev–Trinajstić information content (AvgIpc) is 2.68. The number of aryl methyl sites for hydroxylation is 1. The van der Waals surface area contributed by atoms with E-state index in [4.69, 9.17) is 16.6 Å². The molecule has 7 heteroatoms. The van der Waals surface area contributed by atoms with E-state index < -0.39 is 0 Å². The van der Waals surface area contributed by atoms with Gasteiger partial charge in [-0.05, 0) is 49.0 Å². The predicted molar refractivity (Wildman–Crippen MR) is 114 cm³/mol. The third-order valence-electron chi connectivity index (χ3n) is 4.96. The second kappa shape index (κ2) is 7.59. The lowest BCUT2D eigenvalue weighted by molar-refractivity contribution is 0.388. The summed E-state index contributed by atoms with van der Waals surface area (Å²) in [7, 11) is 0. The van der Waals surface area contributed by atoms with Crippen LogP contribution < -0.4 is 15.8 Å². The van der Waals surface area contributed by atoms with Crippen LogP contribution in [0.5, 0.6) is 0 Å². The topological polar surface area (TPSA) is 48.7 Å². The summed E-state index contributed by atoms with van der Waals surface area (Å²) in [5, 5.41) is 4.71. The number of fused-ring (bicyclic) bond motifs is 1. The molecular formula is C21H20FN3O2S. The van der Waals surface area contributed by atoms with Gasteiger partial charge in [0.05, 0.1) is 5.69 Å². The van der Waals surface area contributed by atoms with Crippen LogP contribution in [0.4, 0.5) is 15.8 Å². The molecule has 0 bridgehead atoms. The first-order valence-corrected chi connectivity index (χ1v) is 9.52. The maximum atomic E-state index is 14.0. The fraction of sp³-hybridized carbons (Fsp3) is 0.238. The van der Waals surface area contributed by atoms with Crippen LogP contribution >= 0.6 is 12.2 Å². The molecule has 0 spiro atoms. The van der Waals surface area contributed by atoms with Crippen molar-refractivity contribution in [2.45, 2.75) is 6.92 Å². The highest BCUT2D eigenvalue weighted by Gasteiger charge is 2.21. The zero-order valence-corrected chi connectivity index (χ0v) is 16.3. The van der Waals surface area contributed by atoms with Gasteiger partial charge in [0.1, 0.15) is 11.4 Å². The van der Waals surface area contributed by atoms with Gasteiger partial charge in [-0.3, -0.25) is 0 Å². The van der Waals surface area contributed by atoms with E-state index in [-0.39, 0.29) is 11.4 Å². The summed E-state index contributed by atoms with van der Waals surface area (Å²) in [5.41, 5.74) is 2.43. The minimum Gasteiger partial charge on any atom is -0.423 e. The Hall–Kier alpha value is -2.93. The highest BCUT2D eigenvalue weighted by atomic mass is 32.1. The summed E-state index contributed by atoms with van der Waals surface area (Å²) < 4.78 is 19.3. The number of piperazine rings is 1. The van der Waals surface area contributed by atoms with Crippen molar-refractivity contribution < 1.29 is 8.81 Å². The Bertz CT molecular complexity index is 1090. The maximum Gasteiger partial charge on any atom is 0.336 e. The van der Waals surface area contributed by atoms with E-state index in [9.17, 15) is 9.18 Å². The first-order valence-electron chi connectivity index (χ1n) is 9.11. The number of benzene rings is 2. The van der Waals surface area contributed by atoms with Crippen molar-refractivity contribution in [1.29, 1.82) is 0 Å². The van der Waals surface area contributed by atoms with Gasteiger partial charge in [-0.2, -0.15) is 0 Å². The van der Waals surface area contributed by atoms with E-state index in [0.29, 0.717) is 42.6 Å². The molecule has 2 aromatic carbocycles. The summed E-state index contributed by atoms with van der Waals surface area (Å²) in [6.07, 6.45) is 0. The molecule has 0 atom stereocenters. The Morgan fingerprint density at radius 2 is 1.86 bits per heavy atom. The van der Waals surface area contributed by atoms with E-state index in [1.54, 1.807) is 18.2 Å². The number of hydrogen-bond acceptors (Lipinski definition) is 4. The Morgan fingerprint density at radius 1 is 1.11 bits per heavy atom. The highest BCUT2D eigenvalue weighted by molar-refractivity contribution is 7.80. The molecule has 144 valence electrons. The third-order valence-corrected chi connectivity index (χ3v) is 5.32. The Balaban J connectivity index is 1.43. The quantitative estimate of drug-likeness (QED) is 0.525. The monoisotopic (exact) mass is 397 g/mol. The zero-order chi connectivity index (χ0) is 19.7. The molecule has 2 heterocycles. The van der Waals surface area contributed by atoms with Crippen molar-refractivity contribution >= 4 is 39.7 Å². The molecule has 4 rings (SSSR count). The Labute approximate surface area is 167 Å². The molecule has 0 saturated carbocycles. The number of para-hydroxylation sites is 1. The number of thiocarbonyl (C=S) groups is 1. The van der Waals surface area contributed by atoms with Crippen molar-refractivity contribution in [2.75, 3.05) is 36.4 Å². The molecule has 1 aromatic heterocycles. The standard InChI is InChI=1S/C21H20FN3O2S/c1-14-12-20(26)27-19-13-15(6-7-16(14)19)23-21(28)25-10-8-24(9-11-25)18-5-3-2-4-17(18)22/h2-7,12-13H,8-11H2,1H3,(H,23,28). The van der Waals surface area contributed by atoms with Gasteiger partial charge in [0.2, 0.25) is 0 Å². The van der Waals surface area contributed by atoms with Gasteiger partial charge >= 0.3 is 5.63 Å². The summed E-state index contributed by atoms with van der Waals surface area (Å²) in [5.74, 6) is -0.204. The largest absolute Gasteiger partial charge is 0.423 e. The van der Waals surface area contributed by atoms with Gasteiger partial charge in [0, 0.05) is 49.4 Å². The molecule has 1 aliphatic heterocycles. The zero-order valence-electron chi connectivity index (χ0n) is 15.4. The van der Waals surface area contributed by atoms with Gasteiger partial charge in [-0.1, -0.05) is 12.1 Å². The average molecular weight is 397 g/mol. The van der Waals surface area contributed by atoms with Gasteiger partial charge < -0.3 is 19.5 Å². The van der Waals surface area contributed by atoms with Gasteiger partial charge in [0.15, 0.2) is 5.11 Å². The molecular weight excluding hydrogens is 377 g/mol. The number of anilines is 2. The SMILES string of the molecule is Cc1cc(=O)oc2cc(NC(=S)N3CCN(c4ccccc4F)CC3)ccc12. The molecule has 0 aliphatic carbocycles. The van der Waals surface area contributed by atoms with E-state index in [1.807, 2.05) is 30.0 Å². The van der Waals surface area contributed by atoms with Gasteiger partial charge in [-0.25, -0.2) is 9.18 Å². The highest BCUT2D eigenvalue weighted by Crippen LogP contribution is 2.22. The normalized spacial score (nSPS) is 14.4. The van der Waals surface area contributed by atoms with Crippen LogP contribution in [-0.4, -0.2) is 36.2 Å². The van der Waals surface area contributed by atoms with E-state index in [2.05, 4.69) is 10.2 Å². The smallest absolute Gasteiger partial charge is 0.336 e. The lowest BCUT2D eigenvalue weighted by atomic mass is 10.1. The Kier molecular flexibility index (Phi) is 5.00. The number of hydrogen-bond donors (Lipinski definition) is 1. The number of nitrogens with one attached hydrogen (secondary N) is 1. The van der Waals surface area contributed by atoms with E-state index >= 15 is 0 Å². The molecule has 1 saturated heterocycles. The van der Waals surface area contributed by atoms with Crippen LogP contribution in [0.15, 0.2) is 57.7 Å². The lowest BCUT2D eigenvalue weighted by Gasteiger charge is -2.37. The van der Waals surface area contributed by atoms with Crippen LogP contribution in [-0.2, 0) is 0 Å². The third kappa shape index (κ3) is 3.71. The van der Waals surface area contributed by atoms with E-state index in [1.165, 1.54) is 12.1 Å². The van der Waals surface area contributed by atoms with Crippen LogP contribution in [0.3, 0.4) is 0 Å². The summed E-state index contributed by atoms with van der Waals surface area (Å²) >= 11 is 5.54. The second-order valence-electron chi connectivity index (χ2n) is 6.82. The minimum absolute atomic E-state index is 0.204. The van der Waals surface area contributed by atoms with Crippen molar-refractivity contribution in [3.8, 4) is 0 Å². The number of nitrogens with zero attached hydrogens (tertiary/aromatic N) is 2. The second-order valence-corrected chi connectivity index (χ2v) is 7.20. The van der Waals surface area contributed by atoms with Crippen LogP contribution in [0.1, 0.15) is 5.56 Å². The van der Waals surface area contributed by atoms with Gasteiger partial charge in [-0.15, -0.1) is 0 Å². The molecule has 5 nitrogen and oxygen atoms in total. The molecule has 28 heavy (non-hydrogen) atoms. The lowest BCUT2D eigenvalue weighted by Crippen LogP contribution is -2.50. The maximum absolute atomic E-state index is 14.0. The molecule has 1 fully saturated rings. The first kappa shape index (κ1) is 18.4. The summed E-state index contributed by atoms with van der Waals surface area (Å²) in [6, 6.07) is 13.9. The summed E-state index contributed by atoms with van der Waals surface area (Å²) in [6.45, 7) is 4.65. The molecule has 0 radical (unpaired) electrons. The van der Waals surface area contributed by atoms with Crippen molar-refractivity contribution in [3.05, 3.63) is 70.3 Å². The van der Waals surface area contributed by atoms with Gasteiger partial charge in [0.25, 0.3) is 0 Å². The molecule has 1 N–H and O–H groups in total. The molecule has 1 aliphatic rings. The fourth-order valence-electron chi connectivity index (χ4n) is 3.46. The van der Waals surface area contributed by atoms with Crippen molar-refractivity contribution in [1.82, 2.24) is 4.90 Å². The van der Waals surface area contributed by atoms with Crippen molar-refractivity contribution in [3.63, 3.8) is 0 Å². The van der Waals surface area contributed by atoms with Crippen LogP contribution in [0, 0.1) is 12.7 Å². The first-order chi connectivity index (χ1) is 13.5.